The molecule has 3 aliphatic rings. The SMILES string of the molecule is C[N+]1([O-])CCN(C(=O)OC2C3=C(SCCS3)C(=O)N2c2ccc(Cl)cn2)CC1. The fraction of sp³-hybridized carbons (Fsp3) is 0.471. The second-order valence-corrected chi connectivity index (χ2v) is 9.55. The monoisotopic (exact) mass is 442 g/mol. The average Bonchev–Trinajstić information content (AvgIpc) is 2.95. The summed E-state index contributed by atoms with van der Waals surface area (Å²) in [5.41, 5.74) is 0. The zero-order chi connectivity index (χ0) is 19.9. The second-order valence-electron chi connectivity index (χ2n) is 6.87. The molecule has 2 amide bonds. The molecule has 0 saturated carbocycles. The first-order valence-electron chi connectivity index (χ1n) is 8.82. The molecule has 0 radical (unpaired) electrons. The molecule has 150 valence electrons. The van der Waals surface area contributed by atoms with E-state index in [-0.39, 0.29) is 10.6 Å². The number of hydrogen-bond donors (Lipinski definition) is 0. The Morgan fingerprint density at radius 2 is 2.04 bits per heavy atom. The Kier molecular flexibility index (Phi) is 5.49. The van der Waals surface area contributed by atoms with Gasteiger partial charge in [0.1, 0.15) is 5.82 Å². The zero-order valence-electron chi connectivity index (χ0n) is 15.2. The summed E-state index contributed by atoms with van der Waals surface area (Å²) < 4.78 is 5.41. The minimum absolute atomic E-state index is 0.220. The van der Waals surface area contributed by atoms with Crippen molar-refractivity contribution in [2.45, 2.75) is 6.23 Å². The quantitative estimate of drug-likeness (QED) is 0.513. The third kappa shape index (κ3) is 3.84. The van der Waals surface area contributed by atoms with Gasteiger partial charge in [-0.2, -0.15) is 0 Å². The van der Waals surface area contributed by atoms with Crippen LogP contribution < -0.4 is 4.90 Å². The lowest BCUT2D eigenvalue weighted by Crippen LogP contribution is -2.56. The lowest BCUT2D eigenvalue weighted by atomic mass is 10.3. The number of hydroxylamine groups is 3. The Morgan fingerprint density at radius 1 is 1.32 bits per heavy atom. The maximum atomic E-state index is 13.0. The van der Waals surface area contributed by atoms with Crippen LogP contribution in [0.3, 0.4) is 0 Å². The number of ether oxygens (including phenoxy) is 1. The zero-order valence-corrected chi connectivity index (χ0v) is 17.6. The third-order valence-corrected chi connectivity index (χ3v) is 7.63. The molecule has 0 aromatic carbocycles. The number of nitrogens with zero attached hydrogens (tertiary/aromatic N) is 4. The number of amides is 2. The number of carbonyl (C=O) groups is 2. The van der Waals surface area contributed by atoms with E-state index in [9.17, 15) is 14.8 Å². The van der Waals surface area contributed by atoms with Crippen molar-refractivity contribution in [1.29, 1.82) is 0 Å². The molecule has 1 aromatic rings. The van der Waals surface area contributed by atoms with Crippen LogP contribution in [-0.2, 0) is 9.53 Å². The van der Waals surface area contributed by atoms with E-state index in [2.05, 4.69) is 4.98 Å². The molecule has 1 aromatic heterocycles. The van der Waals surface area contributed by atoms with Crippen LogP contribution in [0.4, 0.5) is 10.6 Å². The van der Waals surface area contributed by atoms with Crippen LogP contribution >= 0.6 is 35.1 Å². The van der Waals surface area contributed by atoms with Gasteiger partial charge in [0.15, 0.2) is 0 Å². The summed E-state index contributed by atoms with van der Waals surface area (Å²) in [7, 11) is 1.60. The topological polar surface area (TPSA) is 85.8 Å². The molecule has 8 nitrogen and oxygen atoms in total. The standard InChI is InChI=1S/C17H19ClN4O4S2/c1-22(25)6-4-20(5-7-22)17(24)26-16-14-13(27-8-9-28-14)15(23)21(16)12-3-2-11(18)10-19-12/h2-3,10,16H,4-9H2,1H3. The smallest absolute Gasteiger partial charge is 0.412 e. The number of pyridine rings is 1. The molecule has 4 rings (SSSR count). The van der Waals surface area contributed by atoms with E-state index >= 15 is 0 Å². The van der Waals surface area contributed by atoms with Crippen LogP contribution in [0.1, 0.15) is 0 Å². The van der Waals surface area contributed by atoms with Crippen molar-refractivity contribution in [2.24, 2.45) is 0 Å². The van der Waals surface area contributed by atoms with Gasteiger partial charge >= 0.3 is 6.09 Å². The third-order valence-electron chi connectivity index (χ3n) is 4.80. The van der Waals surface area contributed by atoms with Crippen molar-refractivity contribution in [3.63, 3.8) is 0 Å². The van der Waals surface area contributed by atoms with Gasteiger partial charge in [0.25, 0.3) is 5.91 Å². The summed E-state index contributed by atoms with van der Waals surface area (Å²) in [6, 6.07) is 3.28. The van der Waals surface area contributed by atoms with Crippen molar-refractivity contribution in [2.75, 3.05) is 49.6 Å². The minimum Gasteiger partial charge on any atom is -0.633 e. The molecule has 1 fully saturated rings. The normalized spacial score (nSPS) is 24.4. The predicted octanol–water partition coefficient (Wildman–Crippen LogP) is 2.50. The number of quaternary nitrogens is 1. The van der Waals surface area contributed by atoms with Crippen molar-refractivity contribution in [3.05, 3.63) is 38.4 Å². The molecule has 0 N–H and O–H groups in total. The van der Waals surface area contributed by atoms with Crippen LogP contribution in [-0.4, -0.2) is 77.5 Å². The van der Waals surface area contributed by atoms with Gasteiger partial charge in [-0.25, -0.2) is 14.7 Å². The van der Waals surface area contributed by atoms with Crippen molar-refractivity contribution < 1.29 is 19.0 Å². The van der Waals surface area contributed by atoms with Gasteiger partial charge in [0.2, 0.25) is 6.23 Å². The number of hydrogen-bond acceptors (Lipinski definition) is 7. The van der Waals surface area contributed by atoms with Crippen LogP contribution in [0.25, 0.3) is 0 Å². The first-order valence-corrected chi connectivity index (χ1v) is 11.2. The van der Waals surface area contributed by atoms with E-state index in [1.807, 2.05) is 0 Å². The summed E-state index contributed by atoms with van der Waals surface area (Å²) in [5, 5.41) is 12.5. The molecule has 0 aliphatic carbocycles. The number of rotatable bonds is 2. The van der Waals surface area contributed by atoms with Crippen LogP contribution in [0.2, 0.25) is 5.02 Å². The molecular weight excluding hydrogens is 424 g/mol. The highest BCUT2D eigenvalue weighted by Crippen LogP contribution is 2.45. The van der Waals surface area contributed by atoms with Gasteiger partial charge in [-0.05, 0) is 12.1 Å². The number of halogens is 1. The van der Waals surface area contributed by atoms with Crippen molar-refractivity contribution in [1.82, 2.24) is 9.88 Å². The molecule has 4 heterocycles. The highest BCUT2D eigenvalue weighted by Gasteiger charge is 2.45. The van der Waals surface area contributed by atoms with E-state index in [1.54, 1.807) is 19.2 Å². The largest absolute Gasteiger partial charge is 0.633 e. The molecule has 28 heavy (non-hydrogen) atoms. The van der Waals surface area contributed by atoms with E-state index in [0.717, 1.165) is 16.4 Å². The van der Waals surface area contributed by atoms with Gasteiger partial charge < -0.3 is 14.6 Å². The average molecular weight is 443 g/mol. The minimum atomic E-state index is -0.850. The number of aromatic nitrogens is 1. The summed E-state index contributed by atoms with van der Waals surface area (Å²) in [6.07, 6.45) is 0.0797. The lowest BCUT2D eigenvalue weighted by molar-refractivity contribution is -0.864. The second kappa shape index (κ2) is 7.75. The van der Waals surface area contributed by atoms with Crippen LogP contribution in [0.15, 0.2) is 28.1 Å². The highest BCUT2D eigenvalue weighted by atomic mass is 35.5. The summed E-state index contributed by atoms with van der Waals surface area (Å²) in [4.78, 5) is 34.3. The Labute approximate surface area is 176 Å². The molecule has 1 unspecified atom stereocenters. The Balaban J connectivity index is 1.58. The molecule has 1 saturated heterocycles. The number of carbonyl (C=O) groups excluding carboxylic acids is 2. The highest BCUT2D eigenvalue weighted by molar-refractivity contribution is 8.10. The molecule has 0 spiro atoms. The predicted molar refractivity (Wildman–Crippen MR) is 110 cm³/mol. The molecular formula is C17H19ClN4O4S2. The Morgan fingerprint density at radius 3 is 2.71 bits per heavy atom. The molecule has 1 atom stereocenters. The van der Waals surface area contributed by atoms with Gasteiger partial charge in [0.05, 0.1) is 48.1 Å². The maximum absolute atomic E-state index is 13.0. The maximum Gasteiger partial charge on any atom is 0.412 e. The van der Waals surface area contributed by atoms with Gasteiger partial charge in [-0.3, -0.25) is 9.69 Å². The van der Waals surface area contributed by atoms with Crippen molar-refractivity contribution in [3.8, 4) is 0 Å². The first-order chi connectivity index (χ1) is 13.4. The fourth-order valence-electron chi connectivity index (χ4n) is 3.20. The molecule has 11 heteroatoms. The van der Waals surface area contributed by atoms with E-state index in [1.165, 1.54) is 39.5 Å². The molecule has 3 aliphatic heterocycles. The van der Waals surface area contributed by atoms with Gasteiger partial charge in [-0.15, -0.1) is 23.5 Å². The van der Waals surface area contributed by atoms with Crippen molar-refractivity contribution >= 4 is 52.9 Å². The molecule has 0 bridgehead atoms. The van der Waals surface area contributed by atoms with E-state index < -0.39 is 12.3 Å². The van der Waals surface area contributed by atoms with Crippen LogP contribution in [0, 0.1) is 5.21 Å². The van der Waals surface area contributed by atoms with Crippen LogP contribution in [0.5, 0.6) is 0 Å². The van der Waals surface area contributed by atoms with Gasteiger partial charge in [-0.1, -0.05) is 11.6 Å². The summed E-state index contributed by atoms with van der Waals surface area (Å²) in [5.74, 6) is 1.82. The first kappa shape index (κ1) is 19.8. The summed E-state index contributed by atoms with van der Waals surface area (Å²) >= 11 is 8.92. The van der Waals surface area contributed by atoms with Gasteiger partial charge in [0, 0.05) is 17.7 Å². The lowest BCUT2D eigenvalue weighted by Gasteiger charge is -2.44. The Bertz CT molecular complexity index is 823. The number of piperazine rings is 1. The number of thioether (sulfide) groups is 2. The summed E-state index contributed by atoms with van der Waals surface area (Å²) in [6.45, 7) is 1.29. The number of likely N-dealkylation sites (N-methyl/N-ethyl adjacent to an activating group) is 1. The van der Waals surface area contributed by atoms with E-state index in [4.69, 9.17) is 16.3 Å². The number of anilines is 1. The Hall–Kier alpha value is -1.46. The fourth-order valence-corrected chi connectivity index (χ4v) is 5.73. The van der Waals surface area contributed by atoms with E-state index in [0.29, 0.717) is 41.9 Å².